The van der Waals surface area contributed by atoms with Crippen molar-refractivity contribution in [3.8, 4) is 0 Å². The summed E-state index contributed by atoms with van der Waals surface area (Å²) >= 11 is 6.78. The quantitative estimate of drug-likeness (QED) is 0.670. The van der Waals surface area contributed by atoms with Gasteiger partial charge in [-0.1, -0.05) is 60.4 Å². The molecule has 0 spiro atoms. The average molecular weight is 307 g/mol. The monoisotopic (exact) mass is 307 g/mol. The predicted molar refractivity (Wildman–Crippen MR) is 86.7 cm³/mol. The van der Waals surface area contributed by atoms with Gasteiger partial charge in [0.25, 0.3) is 0 Å². The number of hydrogen-bond donors (Lipinski definition) is 1. The van der Waals surface area contributed by atoms with Gasteiger partial charge in [0.15, 0.2) is 0 Å². The van der Waals surface area contributed by atoms with Crippen LogP contribution in [0.25, 0.3) is 0 Å². The number of hydrogen-bond acceptors (Lipinski definition) is 4. The Balaban J connectivity index is 2.06. The minimum atomic E-state index is -0.812. The first kappa shape index (κ1) is 15.2. The maximum absolute atomic E-state index is 12.2. The molecule has 1 fully saturated rings. The Morgan fingerprint density at radius 1 is 1.55 bits per heavy atom. The van der Waals surface area contributed by atoms with Crippen LogP contribution in [0, 0.1) is 0 Å². The van der Waals surface area contributed by atoms with E-state index in [1.807, 2.05) is 30.3 Å². The van der Waals surface area contributed by atoms with E-state index in [-0.39, 0.29) is 18.4 Å². The molecule has 1 aliphatic heterocycles. The van der Waals surface area contributed by atoms with Crippen molar-refractivity contribution in [2.75, 3.05) is 5.75 Å². The molecule has 2 unspecified atom stereocenters. The molecule has 0 saturated carbocycles. The van der Waals surface area contributed by atoms with E-state index in [1.165, 1.54) is 23.4 Å². The molecule has 2 rings (SSSR count). The highest BCUT2D eigenvalue weighted by Crippen LogP contribution is 2.27. The van der Waals surface area contributed by atoms with Crippen LogP contribution in [0.2, 0.25) is 0 Å². The third-order valence-corrected chi connectivity index (χ3v) is 4.75. The lowest BCUT2D eigenvalue weighted by atomic mass is 10.1. The molecule has 1 aromatic carbocycles. The summed E-state index contributed by atoms with van der Waals surface area (Å²) in [6, 6.07) is 10.1. The number of carbonyl (C=O) groups excluding carboxylic acids is 1. The highest BCUT2D eigenvalue weighted by atomic mass is 32.2. The van der Waals surface area contributed by atoms with Crippen molar-refractivity contribution in [3.63, 3.8) is 0 Å². The van der Waals surface area contributed by atoms with Crippen LogP contribution < -0.4 is 0 Å². The number of amides is 1. The first-order chi connectivity index (χ1) is 9.61. The number of carbonyl (C=O) groups is 1. The SMILES string of the molecule is C=CC(O)CC(=O)N1C(=S)SCC1Cc1ccccc1. The Hall–Kier alpha value is -1.17. The Morgan fingerprint density at radius 3 is 2.90 bits per heavy atom. The van der Waals surface area contributed by atoms with Crippen molar-refractivity contribution >= 4 is 34.2 Å². The second-order valence-corrected chi connectivity index (χ2v) is 6.35. The lowest BCUT2D eigenvalue weighted by Crippen LogP contribution is -2.41. The van der Waals surface area contributed by atoms with Crippen molar-refractivity contribution < 1.29 is 9.90 Å². The average Bonchev–Trinajstić information content (AvgIpc) is 2.80. The van der Waals surface area contributed by atoms with Gasteiger partial charge in [-0.25, -0.2) is 0 Å². The number of aliphatic hydroxyl groups is 1. The van der Waals surface area contributed by atoms with E-state index in [1.54, 1.807) is 4.90 Å². The van der Waals surface area contributed by atoms with Gasteiger partial charge < -0.3 is 5.11 Å². The van der Waals surface area contributed by atoms with Gasteiger partial charge in [-0.2, -0.15) is 0 Å². The topological polar surface area (TPSA) is 40.5 Å². The summed E-state index contributed by atoms with van der Waals surface area (Å²) in [5.74, 6) is 0.678. The van der Waals surface area contributed by atoms with E-state index in [0.717, 1.165) is 12.2 Å². The number of thioether (sulfide) groups is 1. The van der Waals surface area contributed by atoms with Crippen molar-refractivity contribution in [2.45, 2.75) is 25.0 Å². The number of benzene rings is 1. The highest BCUT2D eigenvalue weighted by Gasteiger charge is 2.34. The van der Waals surface area contributed by atoms with Crippen molar-refractivity contribution in [2.24, 2.45) is 0 Å². The summed E-state index contributed by atoms with van der Waals surface area (Å²) in [5, 5.41) is 9.54. The third kappa shape index (κ3) is 3.69. The fourth-order valence-corrected chi connectivity index (χ4v) is 3.61. The van der Waals surface area contributed by atoms with Gasteiger partial charge in [0, 0.05) is 5.75 Å². The van der Waals surface area contributed by atoms with E-state index in [0.29, 0.717) is 4.32 Å². The maximum Gasteiger partial charge on any atom is 0.231 e. The summed E-state index contributed by atoms with van der Waals surface area (Å²) < 4.78 is 0.604. The fourth-order valence-electron chi connectivity index (χ4n) is 2.16. The predicted octanol–water partition coefficient (Wildman–Crippen LogP) is 2.40. The lowest BCUT2D eigenvalue weighted by molar-refractivity contribution is -0.129. The van der Waals surface area contributed by atoms with Gasteiger partial charge in [0.1, 0.15) is 4.32 Å². The number of rotatable bonds is 5. The van der Waals surface area contributed by atoms with Gasteiger partial charge in [-0.05, 0) is 12.0 Å². The molecule has 2 atom stereocenters. The van der Waals surface area contributed by atoms with E-state index >= 15 is 0 Å². The molecule has 20 heavy (non-hydrogen) atoms. The van der Waals surface area contributed by atoms with Crippen molar-refractivity contribution in [1.29, 1.82) is 0 Å². The standard InChI is InChI=1S/C15H17NO2S2/c1-2-13(17)9-14(18)16-12(10-20-15(16)19)8-11-6-4-3-5-7-11/h2-7,12-13,17H,1,8-10H2. The molecule has 0 bridgehead atoms. The largest absolute Gasteiger partial charge is 0.389 e. The van der Waals surface area contributed by atoms with Crippen LogP contribution >= 0.6 is 24.0 Å². The first-order valence-corrected chi connectivity index (χ1v) is 7.84. The molecule has 3 nitrogen and oxygen atoms in total. The molecule has 0 aromatic heterocycles. The fraction of sp³-hybridized carbons (Fsp3) is 0.333. The molecule has 1 heterocycles. The second kappa shape index (κ2) is 7.02. The van der Waals surface area contributed by atoms with Gasteiger partial charge in [-0.15, -0.1) is 6.58 Å². The third-order valence-electron chi connectivity index (χ3n) is 3.20. The molecule has 0 radical (unpaired) electrons. The molecule has 1 N–H and O–H groups in total. The summed E-state index contributed by atoms with van der Waals surface area (Å²) in [5.41, 5.74) is 1.19. The Kier molecular flexibility index (Phi) is 5.34. The smallest absolute Gasteiger partial charge is 0.231 e. The molecular weight excluding hydrogens is 290 g/mol. The molecule has 106 valence electrons. The van der Waals surface area contributed by atoms with Crippen LogP contribution in [-0.2, 0) is 11.2 Å². The Morgan fingerprint density at radius 2 is 2.25 bits per heavy atom. The summed E-state index contributed by atoms with van der Waals surface area (Å²) in [6.07, 6.45) is 1.38. The molecule has 0 aliphatic carbocycles. The van der Waals surface area contributed by atoms with E-state index in [9.17, 15) is 9.90 Å². The number of aliphatic hydroxyl groups excluding tert-OH is 1. The highest BCUT2D eigenvalue weighted by molar-refractivity contribution is 8.23. The van der Waals surface area contributed by atoms with E-state index in [2.05, 4.69) is 6.58 Å². The van der Waals surface area contributed by atoms with Crippen LogP contribution in [-0.4, -0.2) is 38.1 Å². The number of nitrogens with zero attached hydrogens (tertiary/aromatic N) is 1. The van der Waals surface area contributed by atoms with Crippen LogP contribution in [0.4, 0.5) is 0 Å². The summed E-state index contributed by atoms with van der Waals surface area (Å²) in [4.78, 5) is 13.9. The Labute approximate surface area is 128 Å². The zero-order valence-electron chi connectivity index (χ0n) is 11.1. The zero-order valence-corrected chi connectivity index (χ0v) is 12.7. The number of thiocarbonyl (C=S) groups is 1. The molecule has 1 aromatic rings. The van der Waals surface area contributed by atoms with Gasteiger partial charge in [0.2, 0.25) is 5.91 Å². The van der Waals surface area contributed by atoms with E-state index < -0.39 is 6.10 Å². The molecule has 1 amide bonds. The van der Waals surface area contributed by atoms with Crippen LogP contribution in [0.1, 0.15) is 12.0 Å². The minimum Gasteiger partial charge on any atom is -0.389 e. The molecular formula is C15H17NO2S2. The van der Waals surface area contributed by atoms with Crippen LogP contribution in [0.3, 0.4) is 0 Å². The molecule has 1 saturated heterocycles. The Bertz CT molecular complexity index is 504. The molecule has 5 heteroatoms. The van der Waals surface area contributed by atoms with Crippen molar-refractivity contribution in [1.82, 2.24) is 4.90 Å². The minimum absolute atomic E-state index is 0.0372. The second-order valence-electron chi connectivity index (χ2n) is 4.69. The van der Waals surface area contributed by atoms with Gasteiger partial charge in [-0.3, -0.25) is 9.69 Å². The van der Waals surface area contributed by atoms with E-state index in [4.69, 9.17) is 12.2 Å². The normalized spacial score (nSPS) is 19.9. The lowest BCUT2D eigenvalue weighted by Gasteiger charge is -2.24. The molecule has 1 aliphatic rings. The van der Waals surface area contributed by atoms with Gasteiger partial charge in [0.05, 0.1) is 18.6 Å². The van der Waals surface area contributed by atoms with Gasteiger partial charge >= 0.3 is 0 Å². The summed E-state index contributed by atoms with van der Waals surface area (Å²) in [6.45, 7) is 3.49. The maximum atomic E-state index is 12.2. The van der Waals surface area contributed by atoms with Crippen LogP contribution in [0.5, 0.6) is 0 Å². The summed E-state index contributed by atoms with van der Waals surface area (Å²) in [7, 11) is 0. The first-order valence-electron chi connectivity index (χ1n) is 6.45. The zero-order chi connectivity index (χ0) is 14.5. The van der Waals surface area contributed by atoms with Crippen LogP contribution in [0.15, 0.2) is 43.0 Å². The van der Waals surface area contributed by atoms with Crippen molar-refractivity contribution in [3.05, 3.63) is 48.6 Å².